The van der Waals surface area contributed by atoms with Gasteiger partial charge in [-0.05, 0) is 17.5 Å². The Morgan fingerprint density at radius 3 is 2.21 bits per heavy atom. The van der Waals surface area contributed by atoms with Crippen LogP contribution in [-0.2, 0) is 0 Å². The number of rotatable bonds is 2. The highest BCUT2D eigenvalue weighted by Crippen LogP contribution is 2.25. The van der Waals surface area contributed by atoms with Gasteiger partial charge < -0.3 is 0 Å². The minimum atomic E-state index is -1.77. The molecule has 0 N–H and O–H groups in total. The van der Waals surface area contributed by atoms with Crippen molar-refractivity contribution >= 4 is 15.9 Å². The monoisotopic (exact) mass is 270 g/mol. The van der Waals surface area contributed by atoms with Crippen molar-refractivity contribution in [1.82, 2.24) is 0 Å². The van der Waals surface area contributed by atoms with Crippen molar-refractivity contribution in [3.63, 3.8) is 0 Å². The Hall–Kier alpha value is -0.580. The molecule has 0 spiro atoms. The maximum atomic E-state index is 13.1. The van der Waals surface area contributed by atoms with Gasteiger partial charge >= 0.3 is 0 Å². The Morgan fingerprint density at radius 2 is 1.71 bits per heavy atom. The number of hydrogen-bond donors (Lipinski definition) is 0. The minimum Gasteiger partial charge on any atom is -0.204 e. The Balaban J connectivity index is 3.33. The first-order valence-corrected chi connectivity index (χ1v) is 5.00. The van der Waals surface area contributed by atoms with E-state index in [0.29, 0.717) is 11.4 Å². The smallest absolute Gasteiger partial charge is 0.197 e. The predicted octanol–water partition coefficient (Wildman–Crippen LogP) is 3.74. The number of hydrogen-bond acceptors (Lipinski definition) is 0. The van der Waals surface area contributed by atoms with Crippen molar-refractivity contribution in [2.45, 2.75) is 12.8 Å². The average molecular weight is 271 g/mol. The van der Waals surface area contributed by atoms with E-state index in [-0.39, 0.29) is 5.56 Å². The highest BCUT2D eigenvalue weighted by atomic mass is 79.9. The van der Waals surface area contributed by atoms with Gasteiger partial charge in [0.2, 0.25) is 0 Å². The van der Waals surface area contributed by atoms with Gasteiger partial charge in [-0.15, -0.1) is 0 Å². The lowest BCUT2D eigenvalue weighted by atomic mass is 10.0. The van der Waals surface area contributed by atoms with Gasteiger partial charge in [0.25, 0.3) is 0 Å². The molecule has 0 aromatic heterocycles. The van der Waals surface area contributed by atoms with Gasteiger partial charge in [0, 0.05) is 5.33 Å². The summed E-state index contributed by atoms with van der Waals surface area (Å²) < 4.78 is 51.1. The summed E-state index contributed by atoms with van der Waals surface area (Å²) >= 11 is 3.05. The van der Waals surface area contributed by atoms with Gasteiger partial charge in [0.1, 0.15) is 0 Å². The fourth-order valence-electron chi connectivity index (χ4n) is 1.03. The molecule has 0 aliphatic rings. The number of halogens is 5. The van der Waals surface area contributed by atoms with Crippen molar-refractivity contribution in [3.8, 4) is 0 Å². The summed E-state index contributed by atoms with van der Waals surface area (Å²) in [5.41, 5.74) is -0.168. The standard InChI is InChI=1S/C9H7BrF4/c1-4(3-10)5-2-6(11)8(13)9(14)7(5)12/h2,4H,3H2,1H3. The predicted molar refractivity (Wildman–Crippen MR) is 48.5 cm³/mol. The zero-order valence-corrected chi connectivity index (χ0v) is 8.84. The lowest BCUT2D eigenvalue weighted by Crippen LogP contribution is -2.05. The van der Waals surface area contributed by atoms with Crippen LogP contribution in [0.2, 0.25) is 0 Å². The normalized spacial score (nSPS) is 13.0. The molecular formula is C9H7BrF4. The van der Waals surface area contributed by atoms with Gasteiger partial charge in [0.15, 0.2) is 23.3 Å². The van der Waals surface area contributed by atoms with E-state index >= 15 is 0 Å². The van der Waals surface area contributed by atoms with Crippen LogP contribution in [-0.4, -0.2) is 5.33 Å². The second-order valence-corrected chi connectivity index (χ2v) is 3.59. The lowest BCUT2D eigenvalue weighted by molar-refractivity contribution is 0.402. The Bertz CT molecular complexity index is 351. The molecule has 0 nitrogen and oxygen atoms in total. The Kier molecular flexibility index (Phi) is 3.53. The molecule has 0 heterocycles. The molecule has 1 unspecified atom stereocenters. The van der Waals surface area contributed by atoms with Gasteiger partial charge in [-0.3, -0.25) is 0 Å². The summed E-state index contributed by atoms with van der Waals surface area (Å²) in [5, 5.41) is 0.342. The molecule has 0 bridgehead atoms. The molecule has 0 saturated heterocycles. The van der Waals surface area contributed by atoms with E-state index in [4.69, 9.17) is 0 Å². The molecule has 1 aromatic rings. The van der Waals surface area contributed by atoms with E-state index in [2.05, 4.69) is 15.9 Å². The molecule has 1 rings (SSSR count). The van der Waals surface area contributed by atoms with Crippen LogP contribution in [0.5, 0.6) is 0 Å². The molecule has 0 aliphatic heterocycles. The van der Waals surface area contributed by atoms with E-state index in [1.54, 1.807) is 6.92 Å². The van der Waals surface area contributed by atoms with Crippen LogP contribution in [0.4, 0.5) is 17.6 Å². The number of alkyl halides is 1. The van der Waals surface area contributed by atoms with Gasteiger partial charge in [0.05, 0.1) is 0 Å². The van der Waals surface area contributed by atoms with Crippen LogP contribution in [0.3, 0.4) is 0 Å². The first kappa shape index (κ1) is 11.5. The number of benzene rings is 1. The summed E-state index contributed by atoms with van der Waals surface area (Å²) in [5.74, 6) is -6.64. The van der Waals surface area contributed by atoms with E-state index in [0.717, 1.165) is 0 Å². The third-order valence-electron chi connectivity index (χ3n) is 1.89. The zero-order chi connectivity index (χ0) is 10.9. The lowest BCUT2D eigenvalue weighted by Gasteiger charge is -2.10. The Morgan fingerprint density at radius 1 is 1.14 bits per heavy atom. The third kappa shape index (κ3) is 1.92. The van der Waals surface area contributed by atoms with Gasteiger partial charge in [-0.25, -0.2) is 17.6 Å². The van der Waals surface area contributed by atoms with Crippen molar-refractivity contribution in [2.24, 2.45) is 0 Å². The van der Waals surface area contributed by atoms with E-state index < -0.39 is 29.2 Å². The summed E-state index contributed by atoms with van der Waals surface area (Å²) in [7, 11) is 0. The molecule has 0 fully saturated rings. The molecule has 1 atom stereocenters. The Labute approximate surface area is 87.1 Å². The molecule has 0 radical (unpaired) electrons. The van der Waals surface area contributed by atoms with Crippen molar-refractivity contribution < 1.29 is 17.6 Å². The van der Waals surface area contributed by atoms with E-state index in [9.17, 15) is 17.6 Å². The topological polar surface area (TPSA) is 0 Å². The largest absolute Gasteiger partial charge is 0.204 e. The minimum absolute atomic E-state index is 0.168. The van der Waals surface area contributed by atoms with Crippen LogP contribution in [0.1, 0.15) is 18.4 Å². The summed E-state index contributed by atoms with van der Waals surface area (Å²) in [6.07, 6.45) is 0. The molecule has 0 saturated carbocycles. The molecule has 0 amide bonds. The molecule has 0 aliphatic carbocycles. The summed E-state index contributed by atoms with van der Waals surface area (Å²) in [4.78, 5) is 0. The van der Waals surface area contributed by atoms with Crippen molar-refractivity contribution in [3.05, 3.63) is 34.9 Å². The molecular weight excluding hydrogens is 264 g/mol. The van der Waals surface area contributed by atoms with Crippen LogP contribution in [0.25, 0.3) is 0 Å². The first-order chi connectivity index (χ1) is 6.49. The summed E-state index contributed by atoms with van der Waals surface area (Å²) in [6, 6.07) is 0.680. The highest BCUT2D eigenvalue weighted by Gasteiger charge is 2.21. The molecule has 78 valence electrons. The van der Waals surface area contributed by atoms with Gasteiger partial charge in [-0.2, -0.15) is 0 Å². The second-order valence-electron chi connectivity index (χ2n) is 2.94. The van der Waals surface area contributed by atoms with Crippen LogP contribution in [0, 0.1) is 23.3 Å². The fraction of sp³-hybridized carbons (Fsp3) is 0.333. The SMILES string of the molecule is CC(CBr)c1cc(F)c(F)c(F)c1F. The van der Waals surface area contributed by atoms with Gasteiger partial charge in [-0.1, -0.05) is 22.9 Å². The molecule has 14 heavy (non-hydrogen) atoms. The van der Waals surface area contributed by atoms with Crippen molar-refractivity contribution in [1.29, 1.82) is 0 Å². The maximum Gasteiger partial charge on any atom is 0.197 e. The quantitative estimate of drug-likeness (QED) is 0.332. The molecule has 1 aromatic carbocycles. The zero-order valence-electron chi connectivity index (χ0n) is 7.25. The molecule has 5 heteroatoms. The fourth-order valence-corrected chi connectivity index (χ4v) is 1.38. The van der Waals surface area contributed by atoms with Crippen LogP contribution in [0.15, 0.2) is 6.07 Å². The summed E-state index contributed by atoms with van der Waals surface area (Å²) in [6.45, 7) is 1.57. The van der Waals surface area contributed by atoms with E-state index in [1.807, 2.05) is 0 Å². The van der Waals surface area contributed by atoms with Crippen LogP contribution >= 0.6 is 15.9 Å². The third-order valence-corrected chi connectivity index (χ3v) is 2.86. The second kappa shape index (κ2) is 4.29. The average Bonchev–Trinajstić information content (AvgIpc) is 2.19. The van der Waals surface area contributed by atoms with Crippen LogP contribution < -0.4 is 0 Å². The highest BCUT2D eigenvalue weighted by molar-refractivity contribution is 9.09. The van der Waals surface area contributed by atoms with E-state index in [1.165, 1.54) is 0 Å². The maximum absolute atomic E-state index is 13.1. The van der Waals surface area contributed by atoms with Crippen molar-refractivity contribution in [2.75, 3.05) is 5.33 Å². The first-order valence-electron chi connectivity index (χ1n) is 3.87.